The summed E-state index contributed by atoms with van der Waals surface area (Å²) in [6.07, 6.45) is 4.26. The topological polar surface area (TPSA) is 41.6 Å². The molecule has 2 fully saturated rings. The van der Waals surface area contributed by atoms with Crippen molar-refractivity contribution in [2.45, 2.75) is 63.4 Å². The molecule has 0 spiro atoms. The highest BCUT2D eigenvalue weighted by Crippen LogP contribution is 2.29. The van der Waals surface area contributed by atoms with E-state index >= 15 is 0 Å². The van der Waals surface area contributed by atoms with Gasteiger partial charge in [-0.25, -0.2) is 0 Å². The minimum atomic E-state index is -0.391. The Morgan fingerprint density at radius 1 is 1.27 bits per heavy atom. The fraction of sp³-hybridized carbons (Fsp3) is 0.611. The summed E-state index contributed by atoms with van der Waals surface area (Å²) in [6, 6.07) is 11.5. The van der Waals surface area contributed by atoms with Gasteiger partial charge in [0.1, 0.15) is 6.10 Å². The number of hydrogen-bond donors (Lipinski definition) is 1. The number of nitrogens with one attached hydrogen (secondary N) is 1. The highest BCUT2D eigenvalue weighted by molar-refractivity contribution is 5.80. The molecule has 2 aliphatic heterocycles. The zero-order chi connectivity index (χ0) is 15.5. The average Bonchev–Trinajstić information content (AvgIpc) is 2.90. The Labute approximate surface area is 132 Å². The van der Waals surface area contributed by atoms with Crippen molar-refractivity contribution in [1.82, 2.24) is 10.2 Å². The maximum atomic E-state index is 12.6. The van der Waals surface area contributed by atoms with Crippen LogP contribution >= 0.6 is 0 Å². The molecule has 0 aromatic heterocycles. The average molecular weight is 302 g/mol. The lowest BCUT2D eigenvalue weighted by atomic mass is 9.98. The zero-order valence-corrected chi connectivity index (χ0v) is 13.5. The van der Waals surface area contributed by atoms with Gasteiger partial charge in [-0.1, -0.05) is 30.3 Å². The summed E-state index contributed by atoms with van der Waals surface area (Å²) >= 11 is 0. The van der Waals surface area contributed by atoms with E-state index in [9.17, 15) is 4.79 Å². The van der Waals surface area contributed by atoms with Crippen LogP contribution in [0.15, 0.2) is 30.3 Å². The van der Waals surface area contributed by atoms with E-state index in [4.69, 9.17) is 4.74 Å². The Bertz CT molecular complexity index is 493. The van der Waals surface area contributed by atoms with Gasteiger partial charge in [0.25, 0.3) is 5.91 Å². The highest BCUT2D eigenvalue weighted by atomic mass is 16.5. The largest absolute Gasteiger partial charge is 0.364 e. The van der Waals surface area contributed by atoms with Gasteiger partial charge in [0, 0.05) is 25.2 Å². The van der Waals surface area contributed by atoms with Gasteiger partial charge in [-0.15, -0.1) is 0 Å². The minimum absolute atomic E-state index is 0.0993. The first-order valence-electron chi connectivity index (χ1n) is 8.31. The summed E-state index contributed by atoms with van der Waals surface area (Å²) in [5.74, 6) is 0.0993. The van der Waals surface area contributed by atoms with Crippen LogP contribution < -0.4 is 5.32 Å². The molecule has 0 radical (unpaired) electrons. The predicted octanol–water partition coefficient (Wildman–Crippen LogP) is 2.33. The molecular formula is C18H26N2O2. The molecule has 2 saturated heterocycles. The van der Waals surface area contributed by atoms with Crippen LogP contribution in [0, 0.1) is 0 Å². The maximum Gasteiger partial charge on any atom is 0.251 e. The monoisotopic (exact) mass is 302 g/mol. The molecule has 2 aliphatic rings. The van der Waals surface area contributed by atoms with Crippen LogP contribution in [0.5, 0.6) is 0 Å². The number of nitrogens with zero attached hydrogens (tertiary/aromatic N) is 1. The molecule has 4 nitrogen and oxygen atoms in total. The lowest BCUT2D eigenvalue weighted by Gasteiger charge is -2.36. The third-order valence-electron chi connectivity index (χ3n) is 5.03. The van der Waals surface area contributed by atoms with Crippen molar-refractivity contribution in [2.24, 2.45) is 0 Å². The third kappa shape index (κ3) is 3.50. The van der Waals surface area contributed by atoms with Crippen LogP contribution in [-0.2, 0) is 16.1 Å². The third-order valence-corrected chi connectivity index (χ3v) is 5.03. The second kappa shape index (κ2) is 6.80. The molecule has 1 N–H and O–H groups in total. The van der Waals surface area contributed by atoms with Gasteiger partial charge < -0.3 is 15.0 Å². The Morgan fingerprint density at radius 3 is 2.55 bits per heavy atom. The fourth-order valence-corrected chi connectivity index (χ4v) is 3.68. The maximum absolute atomic E-state index is 12.6. The number of likely N-dealkylation sites (N-methyl/N-ethyl adjacent to an activating group) is 1. The van der Waals surface area contributed by atoms with E-state index in [-0.39, 0.29) is 5.91 Å². The number of amides is 1. The van der Waals surface area contributed by atoms with Gasteiger partial charge in [0.2, 0.25) is 0 Å². The van der Waals surface area contributed by atoms with E-state index in [1.807, 2.05) is 49.2 Å². The summed E-state index contributed by atoms with van der Waals surface area (Å²) in [5.41, 5.74) is 1.10. The Morgan fingerprint density at radius 2 is 1.91 bits per heavy atom. The number of piperidine rings is 1. The summed E-state index contributed by atoms with van der Waals surface area (Å²) in [6.45, 7) is 2.34. The van der Waals surface area contributed by atoms with Crippen LogP contribution in [0.25, 0.3) is 0 Å². The van der Waals surface area contributed by atoms with Crippen molar-refractivity contribution < 1.29 is 9.53 Å². The number of carbonyl (C=O) groups excluding carboxylic acids is 1. The van der Waals surface area contributed by atoms with Crippen molar-refractivity contribution >= 4 is 5.91 Å². The van der Waals surface area contributed by atoms with Crippen molar-refractivity contribution in [1.29, 1.82) is 0 Å². The van der Waals surface area contributed by atoms with Crippen LogP contribution in [0.2, 0.25) is 0 Å². The first-order valence-corrected chi connectivity index (χ1v) is 8.31. The van der Waals surface area contributed by atoms with Gasteiger partial charge in [-0.2, -0.15) is 0 Å². The van der Waals surface area contributed by atoms with Crippen LogP contribution in [0.3, 0.4) is 0 Å². The number of rotatable bonds is 5. The molecule has 120 valence electrons. The summed E-state index contributed by atoms with van der Waals surface area (Å²) in [5, 5.41) is 3.62. The van der Waals surface area contributed by atoms with Crippen molar-refractivity contribution in [3.63, 3.8) is 0 Å². The van der Waals surface area contributed by atoms with Crippen molar-refractivity contribution in [2.75, 3.05) is 7.05 Å². The Balaban J connectivity index is 1.51. The van der Waals surface area contributed by atoms with Crippen LogP contribution in [0.4, 0.5) is 0 Å². The summed E-state index contributed by atoms with van der Waals surface area (Å²) < 4.78 is 5.76. The number of ether oxygens (including phenoxy) is 1. The van der Waals surface area contributed by atoms with E-state index in [2.05, 4.69) is 5.32 Å². The molecule has 1 aromatic rings. The molecule has 0 saturated carbocycles. The van der Waals surface area contributed by atoms with Gasteiger partial charge in [-0.05, 0) is 38.2 Å². The molecule has 22 heavy (non-hydrogen) atoms. The van der Waals surface area contributed by atoms with Gasteiger partial charge in [-0.3, -0.25) is 4.79 Å². The Kier molecular flexibility index (Phi) is 4.79. The molecule has 2 bridgehead atoms. The molecule has 1 aromatic carbocycles. The predicted molar refractivity (Wildman–Crippen MR) is 86.4 cm³/mol. The van der Waals surface area contributed by atoms with Crippen LogP contribution in [0.1, 0.15) is 38.2 Å². The smallest absolute Gasteiger partial charge is 0.251 e. The Hall–Kier alpha value is -1.39. The minimum Gasteiger partial charge on any atom is -0.364 e. The number of carbonyl (C=O) groups is 1. The molecule has 3 rings (SSSR count). The van der Waals surface area contributed by atoms with E-state index in [1.165, 1.54) is 12.8 Å². The molecule has 1 amide bonds. The van der Waals surface area contributed by atoms with E-state index in [0.717, 1.165) is 18.4 Å². The zero-order valence-electron chi connectivity index (χ0n) is 13.5. The second-order valence-corrected chi connectivity index (χ2v) is 6.65. The van der Waals surface area contributed by atoms with Crippen LogP contribution in [-0.4, -0.2) is 42.1 Å². The number of fused-ring (bicyclic) bond motifs is 2. The van der Waals surface area contributed by atoms with Gasteiger partial charge in [0.15, 0.2) is 0 Å². The summed E-state index contributed by atoms with van der Waals surface area (Å²) in [7, 11) is 1.93. The molecule has 4 heteroatoms. The highest BCUT2D eigenvalue weighted by Gasteiger charge is 2.37. The number of hydrogen-bond acceptors (Lipinski definition) is 3. The molecule has 3 atom stereocenters. The van der Waals surface area contributed by atoms with Gasteiger partial charge in [0.05, 0.1) is 6.61 Å². The lowest BCUT2D eigenvalue weighted by Crippen LogP contribution is -2.50. The van der Waals surface area contributed by atoms with Crippen molar-refractivity contribution in [3.8, 4) is 0 Å². The molecule has 3 unspecified atom stereocenters. The molecular weight excluding hydrogens is 276 g/mol. The number of benzene rings is 1. The first-order chi connectivity index (χ1) is 10.6. The normalized spacial score (nSPS) is 28.4. The van der Waals surface area contributed by atoms with E-state index in [1.54, 1.807) is 0 Å². The standard InChI is InChI=1S/C18H26N2O2/c1-13(22-12-14-6-4-3-5-7-14)18(21)20(2)17-10-15-8-9-16(11-17)19-15/h3-7,13,15-17,19H,8-12H2,1-2H3. The second-order valence-electron chi connectivity index (χ2n) is 6.65. The first kappa shape index (κ1) is 15.5. The summed E-state index contributed by atoms with van der Waals surface area (Å²) in [4.78, 5) is 14.5. The van der Waals surface area contributed by atoms with Gasteiger partial charge >= 0.3 is 0 Å². The molecule has 2 heterocycles. The van der Waals surface area contributed by atoms with E-state index in [0.29, 0.717) is 24.7 Å². The molecule has 0 aliphatic carbocycles. The quantitative estimate of drug-likeness (QED) is 0.907. The SMILES string of the molecule is CC(OCc1ccccc1)C(=O)N(C)C1CC2CCC(C1)N2. The van der Waals surface area contributed by atoms with E-state index < -0.39 is 6.10 Å². The van der Waals surface area contributed by atoms with Crippen molar-refractivity contribution in [3.05, 3.63) is 35.9 Å². The fourth-order valence-electron chi connectivity index (χ4n) is 3.68. The lowest BCUT2D eigenvalue weighted by molar-refractivity contribution is -0.144.